The highest BCUT2D eigenvalue weighted by Crippen LogP contribution is 2.12. The number of primary amides is 1. The van der Waals surface area contributed by atoms with Crippen LogP contribution in [0.2, 0.25) is 0 Å². The van der Waals surface area contributed by atoms with Gasteiger partial charge in [0.05, 0.1) is 0 Å². The van der Waals surface area contributed by atoms with Crippen molar-refractivity contribution in [2.75, 3.05) is 12.3 Å². The normalized spacial score (nSPS) is 16.0. The van der Waals surface area contributed by atoms with Crippen molar-refractivity contribution in [1.29, 1.82) is 0 Å². The van der Waals surface area contributed by atoms with E-state index in [0.29, 0.717) is 25.3 Å². The Kier molecular flexibility index (Phi) is 8.04. The Labute approximate surface area is 109 Å². The third-order valence-electron chi connectivity index (χ3n) is 2.90. The van der Waals surface area contributed by atoms with Crippen LogP contribution in [0.1, 0.15) is 33.6 Å². The molecule has 0 radical (unpaired) electrons. The summed E-state index contributed by atoms with van der Waals surface area (Å²) in [5.74, 6) is 0.620. The molecule has 0 spiro atoms. The minimum atomic E-state index is -0.304. The summed E-state index contributed by atoms with van der Waals surface area (Å²) in [5, 5.41) is 2.88. The van der Waals surface area contributed by atoms with Crippen molar-refractivity contribution in [3.63, 3.8) is 0 Å². The van der Waals surface area contributed by atoms with E-state index < -0.39 is 0 Å². The lowest BCUT2D eigenvalue weighted by Crippen LogP contribution is -2.33. The second kappa shape index (κ2) is 8.39. The van der Waals surface area contributed by atoms with Crippen molar-refractivity contribution < 1.29 is 9.59 Å². The van der Waals surface area contributed by atoms with Gasteiger partial charge in [0.25, 0.3) is 0 Å². The second-order valence-corrected chi connectivity index (χ2v) is 5.18. The number of nitrogens with two attached hydrogens (primary N) is 1. The van der Waals surface area contributed by atoms with Crippen molar-refractivity contribution >= 4 is 24.4 Å². The molecule has 3 atom stereocenters. The molecule has 3 unspecified atom stereocenters. The van der Waals surface area contributed by atoms with Crippen LogP contribution in [0.25, 0.3) is 0 Å². The van der Waals surface area contributed by atoms with Crippen LogP contribution in [0.4, 0.5) is 0 Å². The molecule has 17 heavy (non-hydrogen) atoms. The molecule has 4 nitrogen and oxygen atoms in total. The molecule has 0 aromatic carbocycles. The summed E-state index contributed by atoms with van der Waals surface area (Å²) in [5.41, 5.74) is 5.17. The standard InChI is InChI=1S/C12H24N2O2S/c1-8(7-17)6-14-12(16)10(3)5-4-9(2)11(13)15/h8-10,17H,4-7H2,1-3H3,(H2,13,15)(H,14,16). The first-order chi connectivity index (χ1) is 7.88. The van der Waals surface area contributed by atoms with Gasteiger partial charge >= 0.3 is 0 Å². The van der Waals surface area contributed by atoms with Gasteiger partial charge < -0.3 is 11.1 Å². The van der Waals surface area contributed by atoms with Gasteiger partial charge in [-0.2, -0.15) is 12.6 Å². The van der Waals surface area contributed by atoms with E-state index in [-0.39, 0.29) is 23.7 Å². The van der Waals surface area contributed by atoms with Gasteiger partial charge in [0.2, 0.25) is 11.8 Å². The van der Waals surface area contributed by atoms with E-state index in [1.165, 1.54) is 0 Å². The van der Waals surface area contributed by atoms with E-state index in [2.05, 4.69) is 17.9 Å². The van der Waals surface area contributed by atoms with Gasteiger partial charge in [-0.05, 0) is 24.5 Å². The zero-order valence-corrected chi connectivity index (χ0v) is 11.8. The summed E-state index contributed by atoms with van der Waals surface area (Å²) in [6.07, 6.45) is 1.34. The fourth-order valence-electron chi connectivity index (χ4n) is 1.29. The maximum Gasteiger partial charge on any atom is 0.222 e. The monoisotopic (exact) mass is 260 g/mol. The van der Waals surface area contributed by atoms with Crippen LogP contribution in [-0.4, -0.2) is 24.1 Å². The first-order valence-corrected chi connectivity index (χ1v) is 6.69. The first-order valence-electron chi connectivity index (χ1n) is 6.06. The minimum Gasteiger partial charge on any atom is -0.369 e. The van der Waals surface area contributed by atoms with Gasteiger partial charge in [-0.15, -0.1) is 0 Å². The molecule has 0 heterocycles. The van der Waals surface area contributed by atoms with Crippen LogP contribution >= 0.6 is 12.6 Å². The molecular formula is C12H24N2O2S. The van der Waals surface area contributed by atoms with Crippen molar-refractivity contribution in [3.05, 3.63) is 0 Å². The number of rotatable bonds is 8. The third kappa shape index (κ3) is 7.26. The Morgan fingerprint density at radius 1 is 1.18 bits per heavy atom. The Bertz CT molecular complexity index is 259. The zero-order chi connectivity index (χ0) is 13.4. The lowest BCUT2D eigenvalue weighted by Gasteiger charge is -2.15. The Morgan fingerprint density at radius 3 is 2.18 bits per heavy atom. The van der Waals surface area contributed by atoms with Gasteiger partial charge in [0.15, 0.2) is 0 Å². The van der Waals surface area contributed by atoms with E-state index in [4.69, 9.17) is 5.73 Å². The molecule has 0 rings (SSSR count). The lowest BCUT2D eigenvalue weighted by atomic mass is 9.97. The summed E-state index contributed by atoms with van der Waals surface area (Å²) in [6.45, 7) is 6.34. The van der Waals surface area contributed by atoms with Crippen LogP contribution in [0.5, 0.6) is 0 Å². The molecule has 0 aliphatic heterocycles. The lowest BCUT2D eigenvalue weighted by molar-refractivity contribution is -0.126. The van der Waals surface area contributed by atoms with Gasteiger partial charge in [0, 0.05) is 18.4 Å². The number of hydrogen-bond acceptors (Lipinski definition) is 3. The van der Waals surface area contributed by atoms with Crippen molar-refractivity contribution in [3.8, 4) is 0 Å². The van der Waals surface area contributed by atoms with E-state index >= 15 is 0 Å². The number of nitrogens with one attached hydrogen (secondary N) is 1. The predicted octanol–water partition coefficient (Wildman–Crippen LogP) is 1.21. The van der Waals surface area contributed by atoms with Crippen molar-refractivity contribution in [2.24, 2.45) is 23.5 Å². The summed E-state index contributed by atoms with van der Waals surface area (Å²) < 4.78 is 0. The molecule has 0 aromatic rings. The molecule has 0 fully saturated rings. The van der Waals surface area contributed by atoms with Crippen LogP contribution < -0.4 is 11.1 Å². The summed E-state index contributed by atoms with van der Waals surface area (Å²) in [6, 6.07) is 0. The van der Waals surface area contributed by atoms with E-state index in [1.54, 1.807) is 6.92 Å². The summed E-state index contributed by atoms with van der Waals surface area (Å²) >= 11 is 4.16. The molecule has 5 heteroatoms. The molecule has 0 aromatic heterocycles. The fraction of sp³-hybridized carbons (Fsp3) is 0.833. The topological polar surface area (TPSA) is 72.2 Å². The average Bonchev–Trinajstić information content (AvgIpc) is 2.31. The van der Waals surface area contributed by atoms with E-state index in [0.717, 1.165) is 5.75 Å². The Balaban J connectivity index is 3.86. The molecule has 3 N–H and O–H groups in total. The van der Waals surface area contributed by atoms with Gasteiger partial charge in [0.1, 0.15) is 0 Å². The average molecular weight is 260 g/mol. The largest absolute Gasteiger partial charge is 0.369 e. The van der Waals surface area contributed by atoms with E-state index in [1.807, 2.05) is 13.8 Å². The minimum absolute atomic E-state index is 0.0373. The Morgan fingerprint density at radius 2 is 1.71 bits per heavy atom. The fourth-order valence-corrected chi connectivity index (χ4v) is 1.42. The van der Waals surface area contributed by atoms with E-state index in [9.17, 15) is 9.59 Å². The quantitative estimate of drug-likeness (QED) is 0.574. The number of carbonyl (C=O) groups is 2. The number of hydrogen-bond donors (Lipinski definition) is 3. The number of thiol groups is 1. The van der Waals surface area contributed by atoms with Crippen molar-refractivity contribution in [1.82, 2.24) is 5.32 Å². The first kappa shape index (κ1) is 16.3. The molecule has 0 bridgehead atoms. The highest BCUT2D eigenvalue weighted by atomic mass is 32.1. The van der Waals surface area contributed by atoms with Crippen LogP contribution in [0, 0.1) is 17.8 Å². The maximum absolute atomic E-state index is 11.7. The zero-order valence-electron chi connectivity index (χ0n) is 10.9. The molecule has 0 saturated carbocycles. The smallest absolute Gasteiger partial charge is 0.222 e. The molecule has 0 aliphatic carbocycles. The summed E-state index contributed by atoms with van der Waals surface area (Å²) in [7, 11) is 0. The van der Waals surface area contributed by atoms with Crippen LogP contribution in [0.15, 0.2) is 0 Å². The van der Waals surface area contributed by atoms with Gasteiger partial charge in [-0.1, -0.05) is 20.8 Å². The second-order valence-electron chi connectivity index (χ2n) is 4.81. The number of amides is 2. The predicted molar refractivity (Wildman–Crippen MR) is 72.8 cm³/mol. The molecule has 0 saturated heterocycles. The SMILES string of the molecule is CC(CS)CNC(=O)C(C)CCC(C)C(N)=O. The molecule has 0 aliphatic rings. The van der Waals surface area contributed by atoms with Gasteiger partial charge in [-0.25, -0.2) is 0 Å². The number of carbonyl (C=O) groups excluding carboxylic acids is 2. The third-order valence-corrected chi connectivity index (χ3v) is 3.53. The highest BCUT2D eigenvalue weighted by molar-refractivity contribution is 7.80. The molecule has 100 valence electrons. The molecule has 2 amide bonds. The summed E-state index contributed by atoms with van der Waals surface area (Å²) in [4.78, 5) is 22.5. The van der Waals surface area contributed by atoms with Gasteiger partial charge in [-0.3, -0.25) is 9.59 Å². The Hall–Kier alpha value is -0.710. The highest BCUT2D eigenvalue weighted by Gasteiger charge is 2.16. The van der Waals surface area contributed by atoms with Crippen LogP contribution in [0.3, 0.4) is 0 Å². The van der Waals surface area contributed by atoms with Crippen molar-refractivity contribution in [2.45, 2.75) is 33.6 Å². The van der Waals surface area contributed by atoms with Crippen LogP contribution in [-0.2, 0) is 9.59 Å². The maximum atomic E-state index is 11.7. The molecular weight excluding hydrogens is 236 g/mol.